The molecule has 0 unspecified atom stereocenters. The molecule has 3 aromatic rings. The zero-order valence-electron chi connectivity index (χ0n) is 9.85. The van der Waals surface area contributed by atoms with Crippen LogP contribution in [0.1, 0.15) is 18.7 Å². The Balaban J connectivity index is 2.09. The lowest BCUT2D eigenvalue weighted by atomic mass is 10.2. The number of aliphatic hydroxyl groups is 1. The van der Waals surface area contributed by atoms with Crippen LogP contribution in [-0.4, -0.2) is 25.1 Å². The molecule has 1 atom stereocenters. The van der Waals surface area contributed by atoms with Crippen molar-refractivity contribution >= 4 is 11.0 Å². The average molecular weight is 240 g/mol. The summed E-state index contributed by atoms with van der Waals surface area (Å²) in [7, 11) is 0. The van der Waals surface area contributed by atoms with Crippen LogP contribution >= 0.6 is 0 Å². The molecule has 5 heteroatoms. The van der Waals surface area contributed by atoms with Crippen LogP contribution in [0.15, 0.2) is 42.6 Å². The van der Waals surface area contributed by atoms with E-state index in [2.05, 4.69) is 15.3 Å². The van der Waals surface area contributed by atoms with Crippen molar-refractivity contribution in [2.24, 2.45) is 0 Å². The fourth-order valence-corrected chi connectivity index (χ4v) is 1.83. The lowest BCUT2D eigenvalue weighted by molar-refractivity contribution is 0.194. The molecule has 0 radical (unpaired) electrons. The van der Waals surface area contributed by atoms with E-state index in [-0.39, 0.29) is 0 Å². The highest BCUT2D eigenvalue weighted by molar-refractivity contribution is 5.75. The van der Waals surface area contributed by atoms with Gasteiger partial charge in [-0.3, -0.25) is 4.98 Å². The summed E-state index contributed by atoms with van der Waals surface area (Å²) in [6, 6.07) is 11.4. The van der Waals surface area contributed by atoms with E-state index in [0.717, 1.165) is 16.7 Å². The number of para-hydroxylation sites is 1. The number of fused-ring (bicyclic) bond motifs is 1. The highest BCUT2D eigenvalue weighted by Crippen LogP contribution is 2.16. The highest BCUT2D eigenvalue weighted by Gasteiger charge is 2.07. The molecular formula is C13H12N4O. The predicted molar refractivity (Wildman–Crippen MR) is 67.3 cm³/mol. The standard InChI is InChI=1S/C13H12N4O/c1-9(18)11-7-6-10(8-14-11)17-13-5-3-2-4-12(13)15-16-17/h2-9,18H,1H3/t9-/m1/s1. The Labute approximate surface area is 104 Å². The van der Waals surface area contributed by atoms with Gasteiger partial charge < -0.3 is 5.11 Å². The average Bonchev–Trinajstić information content (AvgIpc) is 2.82. The molecule has 0 aliphatic heterocycles. The Bertz CT molecular complexity index is 673. The van der Waals surface area contributed by atoms with Gasteiger partial charge in [-0.05, 0) is 31.2 Å². The van der Waals surface area contributed by atoms with Crippen molar-refractivity contribution in [1.82, 2.24) is 20.0 Å². The number of hydrogen-bond donors (Lipinski definition) is 1. The van der Waals surface area contributed by atoms with Gasteiger partial charge in [0.1, 0.15) is 5.52 Å². The summed E-state index contributed by atoms with van der Waals surface area (Å²) in [5, 5.41) is 17.6. The molecule has 2 aromatic heterocycles. The normalized spacial score (nSPS) is 12.8. The minimum atomic E-state index is -0.563. The lowest BCUT2D eigenvalue weighted by Gasteiger charge is -2.05. The van der Waals surface area contributed by atoms with Gasteiger partial charge in [0.15, 0.2) is 0 Å². The van der Waals surface area contributed by atoms with Crippen LogP contribution in [0.4, 0.5) is 0 Å². The van der Waals surface area contributed by atoms with E-state index in [1.165, 1.54) is 0 Å². The molecule has 1 aromatic carbocycles. The molecule has 2 heterocycles. The minimum absolute atomic E-state index is 0.563. The second-order valence-corrected chi connectivity index (χ2v) is 4.11. The zero-order valence-corrected chi connectivity index (χ0v) is 9.85. The Kier molecular flexibility index (Phi) is 2.53. The maximum atomic E-state index is 9.42. The van der Waals surface area contributed by atoms with E-state index in [1.54, 1.807) is 23.9 Å². The summed E-state index contributed by atoms with van der Waals surface area (Å²) in [5.74, 6) is 0. The minimum Gasteiger partial charge on any atom is -0.387 e. The SMILES string of the molecule is C[C@@H](O)c1ccc(-n2nnc3ccccc32)cn1. The summed E-state index contributed by atoms with van der Waals surface area (Å²) in [6.45, 7) is 1.69. The number of hydrogen-bond acceptors (Lipinski definition) is 4. The molecular weight excluding hydrogens is 228 g/mol. The van der Waals surface area contributed by atoms with Crippen LogP contribution in [-0.2, 0) is 0 Å². The third kappa shape index (κ3) is 1.74. The first kappa shape index (κ1) is 10.9. The Morgan fingerprint density at radius 1 is 1.17 bits per heavy atom. The summed E-state index contributed by atoms with van der Waals surface area (Å²) in [5.41, 5.74) is 3.25. The smallest absolute Gasteiger partial charge is 0.113 e. The fourth-order valence-electron chi connectivity index (χ4n) is 1.83. The van der Waals surface area contributed by atoms with E-state index in [0.29, 0.717) is 5.69 Å². The van der Waals surface area contributed by atoms with Crippen LogP contribution in [0.25, 0.3) is 16.7 Å². The first-order valence-electron chi connectivity index (χ1n) is 5.70. The van der Waals surface area contributed by atoms with E-state index in [9.17, 15) is 5.11 Å². The monoisotopic (exact) mass is 240 g/mol. The fraction of sp³-hybridized carbons (Fsp3) is 0.154. The van der Waals surface area contributed by atoms with Crippen LogP contribution in [0, 0.1) is 0 Å². The van der Waals surface area contributed by atoms with E-state index < -0.39 is 6.10 Å². The van der Waals surface area contributed by atoms with Gasteiger partial charge in [0.25, 0.3) is 0 Å². The van der Waals surface area contributed by atoms with Gasteiger partial charge in [-0.15, -0.1) is 5.10 Å². The van der Waals surface area contributed by atoms with Crippen molar-refractivity contribution in [3.63, 3.8) is 0 Å². The molecule has 0 aliphatic carbocycles. The molecule has 0 bridgehead atoms. The topological polar surface area (TPSA) is 63.8 Å². The van der Waals surface area contributed by atoms with Gasteiger partial charge in [-0.25, -0.2) is 4.68 Å². The summed E-state index contributed by atoms with van der Waals surface area (Å²) >= 11 is 0. The second kappa shape index (κ2) is 4.19. The maximum Gasteiger partial charge on any atom is 0.113 e. The summed E-state index contributed by atoms with van der Waals surface area (Å²) in [6.07, 6.45) is 1.12. The third-order valence-electron chi connectivity index (χ3n) is 2.80. The van der Waals surface area contributed by atoms with Crippen molar-refractivity contribution < 1.29 is 5.11 Å². The molecule has 0 amide bonds. The van der Waals surface area contributed by atoms with Crippen molar-refractivity contribution in [3.05, 3.63) is 48.3 Å². The number of pyridine rings is 1. The second-order valence-electron chi connectivity index (χ2n) is 4.11. The van der Waals surface area contributed by atoms with Crippen LogP contribution in [0.5, 0.6) is 0 Å². The zero-order chi connectivity index (χ0) is 12.5. The molecule has 90 valence electrons. The van der Waals surface area contributed by atoms with Crippen molar-refractivity contribution in [3.8, 4) is 5.69 Å². The molecule has 3 rings (SSSR count). The lowest BCUT2D eigenvalue weighted by Crippen LogP contribution is -2.00. The molecule has 0 spiro atoms. The molecule has 0 aliphatic rings. The largest absolute Gasteiger partial charge is 0.387 e. The van der Waals surface area contributed by atoms with Gasteiger partial charge in [0.05, 0.1) is 29.2 Å². The van der Waals surface area contributed by atoms with Crippen molar-refractivity contribution in [1.29, 1.82) is 0 Å². The first-order valence-corrected chi connectivity index (χ1v) is 5.70. The maximum absolute atomic E-state index is 9.42. The summed E-state index contributed by atoms with van der Waals surface area (Å²) < 4.78 is 1.73. The van der Waals surface area contributed by atoms with Crippen molar-refractivity contribution in [2.45, 2.75) is 13.0 Å². The van der Waals surface area contributed by atoms with E-state index >= 15 is 0 Å². The number of nitrogens with zero attached hydrogens (tertiary/aromatic N) is 4. The predicted octanol–water partition coefficient (Wildman–Crippen LogP) is 1.87. The molecule has 0 fully saturated rings. The number of aromatic nitrogens is 4. The van der Waals surface area contributed by atoms with E-state index in [1.807, 2.05) is 30.3 Å². The third-order valence-corrected chi connectivity index (χ3v) is 2.80. The van der Waals surface area contributed by atoms with Gasteiger partial charge >= 0.3 is 0 Å². The van der Waals surface area contributed by atoms with Gasteiger partial charge in [0, 0.05) is 0 Å². The molecule has 5 nitrogen and oxygen atoms in total. The van der Waals surface area contributed by atoms with E-state index in [4.69, 9.17) is 0 Å². The van der Waals surface area contributed by atoms with Gasteiger partial charge in [-0.1, -0.05) is 17.3 Å². The first-order chi connectivity index (χ1) is 8.75. The van der Waals surface area contributed by atoms with Gasteiger partial charge in [-0.2, -0.15) is 0 Å². The summed E-state index contributed by atoms with van der Waals surface area (Å²) in [4.78, 5) is 4.20. The highest BCUT2D eigenvalue weighted by atomic mass is 16.3. The number of rotatable bonds is 2. The Hall–Kier alpha value is -2.27. The number of benzene rings is 1. The Morgan fingerprint density at radius 3 is 2.72 bits per heavy atom. The quantitative estimate of drug-likeness (QED) is 0.742. The Morgan fingerprint density at radius 2 is 2.00 bits per heavy atom. The molecule has 0 saturated heterocycles. The van der Waals surface area contributed by atoms with Gasteiger partial charge in [0.2, 0.25) is 0 Å². The van der Waals surface area contributed by atoms with Crippen LogP contribution in [0.3, 0.4) is 0 Å². The van der Waals surface area contributed by atoms with Crippen LogP contribution < -0.4 is 0 Å². The van der Waals surface area contributed by atoms with Crippen LogP contribution in [0.2, 0.25) is 0 Å². The number of aliphatic hydroxyl groups excluding tert-OH is 1. The molecule has 0 saturated carbocycles. The molecule has 18 heavy (non-hydrogen) atoms. The molecule has 1 N–H and O–H groups in total. The van der Waals surface area contributed by atoms with Crippen molar-refractivity contribution in [2.75, 3.05) is 0 Å².